The number of allylic oxidation sites excluding steroid dienone is 2. The molecule has 0 spiro atoms. The van der Waals surface area contributed by atoms with Crippen molar-refractivity contribution in [3.8, 4) is 0 Å². The van der Waals surface area contributed by atoms with Crippen molar-refractivity contribution in [2.24, 2.45) is 5.41 Å². The molecule has 10 N–H and O–H groups in total. The third kappa shape index (κ3) is 23.0. The van der Waals surface area contributed by atoms with Gasteiger partial charge in [-0.15, -0.1) is 0 Å². The van der Waals surface area contributed by atoms with Gasteiger partial charge in [-0.25, -0.2) is 28.6 Å². The Morgan fingerprint density at radius 1 is 0.897 bits per heavy atom. The van der Waals surface area contributed by atoms with Gasteiger partial charge in [-0.2, -0.15) is 4.31 Å². The van der Waals surface area contributed by atoms with Crippen LogP contribution < -0.4 is 16.4 Å². The van der Waals surface area contributed by atoms with Gasteiger partial charge in [0.15, 0.2) is 22.8 Å². The summed E-state index contributed by atoms with van der Waals surface area (Å²) in [6.07, 6.45) is 13.5. The largest absolute Gasteiger partial charge is 0.481 e. The second-order valence-electron chi connectivity index (χ2n) is 16.6. The molecule has 0 aliphatic carbocycles. The molecule has 1 saturated heterocycles. The van der Waals surface area contributed by atoms with E-state index in [1.807, 2.05) is 0 Å². The zero-order chi connectivity index (χ0) is 49.7. The molecule has 0 bridgehead atoms. The van der Waals surface area contributed by atoms with Crippen molar-refractivity contribution in [3.63, 3.8) is 0 Å². The maximum atomic E-state index is 12.7. The third-order valence-electron chi connectivity index (χ3n) is 10.4. The van der Waals surface area contributed by atoms with Crippen LogP contribution in [-0.2, 0) is 50.7 Å². The Morgan fingerprint density at radius 3 is 2.16 bits per heavy atom. The molecular formula is C39H68LiN7O17P3S. The normalized spacial score (nSPS) is 19.9. The number of aliphatic hydroxyl groups excluding tert-OH is 2. The number of ether oxygens (including phenoxy) is 1. The van der Waals surface area contributed by atoms with E-state index in [1.54, 1.807) is 0 Å². The van der Waals surface area contributed by atoms with Crippen LogP contribution in [0.4, 0.5) is 5.82 Å². The monoisotopic (exact) mass is 1040 g/mol. The number of aliphatic hydroxyl groups is 2. The predicted octanol–water partition coefficient (Wildman–Crippen LogP) is 4.32. The summed E-state index contributed by atoms with van der Waals surface area (Å²) in [6.45, 7) is 2.79. The fourth-order valence-electron chi connectivity index (χ4n) is 6.71. The zero-order valence-electron chi connectivity index (χ0n) is 39.1. The number of anilines is 1. The molecule has 0 aromatic carbocycles. The molecule has 3 heterocycles. The van der Waals surface area contributed by atoms with Crippen molar-refractivity contribution in [3.05, 3.63) is 24.8 Å². The fraction of sp³-hybridized carbons (Fsp3) is 0.744. The van der Waals surface area contributed by atoms with Crippen molar-refractivity contribution in [1.29, 1.82) is 0 Å². The molecule has 2 amide bonds. The number of unbranched alkanes of at least 4 members (excludes halogenated alkanes) is 11. The summed E-state index contributed by atoms with van der Waals surface area (Å²) in [5.41, 5.74) is 4.29. The van der Waals surface area contributed by atoms with Crippen LogP contribution >= 0.6 is 35.2 Å². The van der Waals surface area contributed by atoms with Crippen LogP contribution in [0.1, 0.15) is 123 Å². The Kier molecular flexibility index (Phi) is 28.0. The van der Waals surface area contributed by atoms with Crippen molar-refractivity contribution >= 4 is 88.0 Å². The van der Waals surface area contributed by atoms with E-state index in [4.69, 9.17) is 19.5 Å². The number of carbonyl (C=O) groups excluding carboxylic acids is 3. The maximum absolute atomic E-state index is 12.7. The molecule has 3 rings (SSSR count). The van der Waals surface area contributed by atoms with Crippen LogP contribution in [0, 0.1) is 5.41 Å². The summed E-state index contributed by atoms with van der Waals surface area (Å²) < 4.78 is 62.4. The molecule has 0 saturated carbocycles. The summed E-state index contributed by atoms with van der Waals surface area (Å²) in [7, 11) is -16.4. The first-order valence-corrected chi connectivity index (χ1v) is 27.8. The Labute approximate surface area is 412 Å². The van der Waals surface area contributed by atoms with Crippen molar-refractivity contribution < 1.29 is 80.5 Å². The van der Waals surface area contributed by atoms with E-state index in [9.17, 15) is 57.9 Å². The van der Waals surface area contributed by atoms with Crippen molar-refractivity contribution in [2.45, 2.75) is 148 Å². The number of phosphoric acid groups is 3. The number of hydrogen-bond acceptors (Lipinski definition) is 18. The van der Waals surface area contributed by atoms with Crippen LogP contribution in [0.25, 0.3) is 11.2 Å². The standard InChI is InChI=1S/C39H68N7O17P3S.Li/c1-4-5-6-7-8-9-10-11-12-13-14-15-16-17-18-19-30(48)67-23-22-41-29(47)20-21-42-37(51)34(50)39(2,3)25-60-66(57,58)63-65(55,56)59-24-28-33(62-64(52,53)54)32(49)38(61-28)46-27-45-31-35(40)43-26-44-36(31)46;/h11-12,26-28,32-34,38,49-50H,4-10,13-25H2,1-3H3,(H,41,47)(H,42,51)(H,55,56)(H,57,58)(H2,40,43,44)(H2,52,53,54);. The number of thioether (sulfide) groups is 1. The van der Waals surface area contributed by atoms with Gasteiger partial charge in [-0.1, -0.05) is 96.1 Å². The van der Waals surface area contributed by atoms with Gasteiger partial charge in [-0.05, 0) is 32.1 Å². The number of phosphoric ester groups is 3. The Balaban J connectivity index is 0.0000159. The van der Waals surface area contributed by atoms with E-state index in [1.165, 1.54) is 52.4 Å². The minimum absolute atomic E-state index is 0. The van der Waals surface area contributed by atoms with E-state index in [0.717, 1.165) is 73.9 Å². The van der Waals surface area contributed by atoms with E-state index in [0.29, 0.717) is 12.2 Å². The quantitative estimate of drug-likeness (QED) is 0.0204. The molecule has 2 aromatic heterocycles. The first-order chi connectivity index (χ1) is 31.6. The van der Waals surface area contributed by atoms with Gasteiger partial charge in [-0.3, -0.25) is 32.5 Å². The van der Waals surface area contributed by atoms with E-state index in [-0.39, 0.29) is 60.5 Å². The maximum Gasteiger partial charge on any atom is 0.481 e. The molecule has 7 atom stereocenters. The molecule has 29 heteroatoms. The van der Waals surface area contributed by atoms with E-state index >= 15 is 0 Å². The number of fused-ring (bicyclic) bond motifs is 1. The number of rotatable bonds is 34. The summed E-state index contributed by atoms with van der Waals surface area (Å²) >= 11 is 1.15. The number of imidazole rings is 1. The SMILES string of the molecule is CCCCCCCCC=CCCCCCCCC(=O)SCCNC(=O)CCNC(=O)C(O)C(C)(C)COP(=O)(O)OP(=O)(O)OCC1OC(n2cnc3c(N)ncnc32)C(O)C1OP(=O)(O)O.[Li]. The second-order valence-corrected chi connectivity index (χ2v) is 22.0. The molecule has 1 aliphatic rings. The van der Waals surface area contributed by atoms with Gasteiger partial charge in [0.2, 0.25) is 11.8 Å². The Bertz CT molecular complexity index is 2050. The molecule has 24 nitrogen and oxygen atoms in total. The number of nitrogens with two attached hydrogens (primary N) is 1. The van der Waals surface area contributed by atoms with E-state index < -0.39 is 84.6 Å². The van der Waals surface area contributed by atoms with Gasteiger partial charge < -0.3 is 50.9 Å². The number of amides is 2. The third-order valence-corrected chi connectivity index (χ3v) is 14.4. The topological polar surface area (TPSA) is 364 Å². The van der Waals surface area contributed by atoms with Crippen LogP contribution in [0.5, 0.6) is 0 Å². The molecule has 1 fully saturated rings. The predicted molar refractivity (Wildman–Crippen MR) is 252 cm³/mol. The molecule has 1 radical (unpaired) electrons. The molecule has 383 valence electrons. The summed E-state index contributed by atoms with van der Waals surface area (Å²) in [4.78, 5) is 88.3. The van der Waals surface area contributed by atoms with Gasteiger partial charge in [0.1, 0.15) is 36.3 Å². The average molecular weight is 1040 g/mol. The van der Waals surface area contributed by atoms with Crippen LogP contribution in [0.2, 0.25) is 0 Å². The van der Waals surface area contributed by atoms with Gasteiger partial charge in [0.05, 0.1) is 19.5 Å². The van der Waals surface area contributed by atoms with Crippen LogP contribution in [-0.4, -0.2) is 142 Å². The van der Waals surface area contributed by atoms with E-state index in [2.05, 4.69) is 53.5 Å². The molecule has 68 heavy (non-hydrogen) atoms. The Morgan fingerprint density at radius 2 is 1.51 bits per heavy atom. The number of nitrogen functional groups attached to an aromatic ring is 1. The minimum Gasteiger partial charge on any atom is -0.386 e. The first-order valence-electron chi connectivity index (χ1n) is 22.3. The summed E-state index contributed by atoms with van der Waals surface area (Å²) in [5, 5.41) is 26.7. The minimum atomic E-state index is -5.58. The molecule has 1 aliphatic heterocycles. The molecule has 7 unspecified atom stereocenters. The first kappa shape index (κ1) is 62.0. The number of hydrogen-bond donors (Lipinski definition) is 9. The van der Waals surface area contributed by atoms with Crippen molar-refractivity contribution in [1.82, 2.24) is 30.2 Å². The summed E-state index contributed by atoms with van der Waals surface area (Å²) in [5.74, 6) is -1.03. The second kappa shape index (κ2) is 30.7. The number of aromatic nitrogens is 4. The summed E-state index contributed by atoms with van der Waals surface area (Å²) in [6, 6.07) is 0. The molecule has 2 aromatic rings. The van der Waals surface area contributed by atoms with Crippen LogP contribution in [0.15, 0.2) is 24.8 Å². The van der Waals surface area contributed by atoms with Crippen LogP contribution in [0.3, 0.4) is 0 Å². The average Bonchev–Trinajstić information content (AvgIpc) is 3.81. The smallest absolute Gasteiger partial charge is 0.386 e. The number of nitrogens with one attached hydrogen (secondary N) is 2. The number of nitrogens with zero attached hydrogens (tertiary/aromatic N) is 4. The Hall–Kier alpha value is -2.10. The van der Waals surface area contributed by atoms with Crippen molar-refractivity contribution in [2.75, 3.05) is 37.8 Å². The van der Waals surface area contributed by atoms with Gasteiger partial charge in [0, 0.05) is 56.0 Å². The zero-order valence-corrected chi connectivity index (χ0v) is 42.6. The van der Waals surface area contributed by atoms with Gasteiger partial charge in [0.25, 0.3) is 0 Å². The number of carbonyl (C=O) groups is 3. The van der Waals surface area contributed by atoms with Gasteiger partial charge >= 0.3 is 23.5 Å². The molecular weight excluding hydrogens is 970 g/mol. The fourth-order valence-corrected chi connectivity index (χ4v) is 10.3.